The van der Waals surface area contributed by atoms with Gasteiger partial charge in [0.2, 0.25) is 0 Å². The Kier molecular flexibility index (Phi) is 9.37. The summed E-state index contributed by atoms with van der Waals surface area (Å²) in [4.78, 5) is 12.4. The molecule has 0 atom stereocenters. The zero-order valence-corrected chi connectivity index (χ0v) is 20.7. The van der Waals surface area contributed by atoms with Crippen LogP contribution in [0, 0.1) is 0 Å². The Bertz CT molecular complexity index is 1130. The molecule has 34 heavy (non-hydrogen) atoms. The van der Waals surface area contributed by atoms with Crippen molar-refractivity contribution in [2.24, 2.45) is 0 Å². The molecule has 0 unspecified atom stereocenters. The van der Waals surface area contributed by atoms with Crippen molar-refractivity contribution >= 4 is 27.8 Å². The van der Waals surface area contributed by atoms with E-state index in [1.165, 1.54) is 54.8 Å². The van der Waals surface area contributed by atoms with Crippen molar-refractivity contribution in [1.82, 2.24) is 0 Å². The van der Waals surface area contributed by atoms with Gasteiger partial charge in [0.1, 0.15) is 40.2 Å². The van der Waals surface area contributed by atoms with E-state index in [1.807, 2.05) is 0 Å². The molecule has 2 rings (SSSR count). The molecule has 0 aliphatic heterocycles. The van der Waals surface area contributed by atoms with E-state index in [-0.39, 0.29) is 0 Å². The Hall–Kier alpha value is -3.66. The highest BCUT2D eigenvalue weighted by molar-refractivity contribution is 7.95. The molecule has 0 saturated carbocycles. The summed E-state index contributed by atoms with van der Waals surface area (Å²) >= 11 is 0. The van der Waals surface area contributed by atoms with E-state index in [1.54, 1.807) is 24.3 Å². The second-order valence-electron chi connectivity index (χ2n) is 6.80. The molecule has 0 N–H and O–H groups in total. The Labute approximate surface area is 199 Å². The third kappa shape index (κ3) is 6.67. The predicted molar refractivity (Wildman–Crippen MR) is 129 cm³/mol. The van der Waals surface area contributed by atoms with Gasteiger partial charge in [0.05, 0.1) is 53.8 Å². The third-order valence-electron chi connectivity index (χ3n) is 4.73. The van der Waals surface area contributed by atoms with Gasteiger partial charge in [-0.05, 0) is 18.2 Å². The number of carbonyl (C=O) groups is 1. The van der Waals surface area contributed by atoms with Crippen LogP contribution in [-0.4, -0.2) is 62.6 Å². The SMILES string of the molecule is COc1cc(OC)c(C=CS(=O)(=O)CC(=O)/C=C/c2c(OC)cc(OC)cc2OC)c(OC)c1. The molecule has 2 aromatic rings. The molecule has 0 heterocycles. The maximum absolute atomic E-state index is 12.6. The maximum atomic E-state index is 12.6. The van der Waals surface area contributed by atoms with Gasteiger partial charge in [-0.15, -0.1) is 0 Å². The number of benzene rings is 2. The number of ketones is 1. The summed E-state index contributed by atoms with van der Waals surface area (Å²) < 4.78 is 56.8. The first-order valence-electron chi connectivity index (χ1n) is 9.93. The summed E-state index contributed by atoms with van der Waals surface area (Å²) in [6.07, 6.45) is 3.92. The van der Waals surface area contributed by atoms with Crippen LogP contribution in [0.4, 0.5) is 0 Å². The molecule has 0 saturated heterocycles. The average molecular weight is 493 g/mol. The van der Waals surface area contributed by atoms with Crippen LogP contribution in [0.5, 0.6) is 34.5 Å². The summed E-state index contributed by atoms with van der Waals surface area (Å²) in [5.74, 6) is 1.15. The van der Waals surface area contributed by atoms with Crippen molar-refractivity contribution in [2.75, 3.05) is 48.4 Å². The molecule has 9 nitrogen and oxygen atoms in total. The first-order valence-corrected chi connectivity index (χ1v) is 11.6. The molecule has 2 aromatic carbocycles. The molecule has 0 aliphatic carbocycles. The molecule has 0 aromatic heterocycles. The molecular formula is C24H28O9S. The summed E-state index contributed by atoms with van der Waals surface area (Å²) in [5, 5.41) is 0.945. The van der Waals surface area contributed by atoms with Crippen molar-refractivity contribution in [2.45, 2.75) is 0 Å². The second kappa shape index (κ2) is 12.0. The number of sulfone groups is 1. The lowest BCUT2D eigenvalue weighted by molar-refractivity contribution is -0.112. The van der Waals surface area contributed by atoms with E-state index in [0.29, 0.717) is 45.6 Å². The monoisotopic (exact) mass is 492 g/mol. The van der Waals surface area contributed by atoms with Gasteiger partial charge in [0.15, 0.2) is 15.6 Å². The van der Waals surface area contributed by atoms with Crippen LogP contribution in [0.3, 0.4) is 0 Å². The second-order valence-corrected chi connectivity index (χ2v) is 8.69. The Morgan fingerprint density at radius 1 is 0.676 bits per heavy atom. The van der Waals surface area contributed by atoms with Crippen LogP contribution in [0.25, 0.3) is 12.2 Å². The highest BCUT2D eigenvalue weighted by Crippen LogP contribution is 2.36. The van der Waals surface area contributed by atoms with Gasteiger partial charge < -0.3 is 28.4 Å². The van der Waals surface area contributed by atoms with E-state index in [2.05, 4.69) is 0 Å². The van der Waals surface area contributed by atoms with E-state index < -0.39 is 21.4 Å². The van der Waals surface area contributed by atoms with Crippen LogP contribution in [0.1, 0.15) is 11.1 Å². The lowest BCUT2D eigenvalue weighted by Gasteiger charge is -2.12. The highest BCUT2D eigenvalue weighted by atomic mass is 32.2. The number of hydrogen-bond acceptors (Lipinski definition) is 9. The van der Waals surface area contributed by atoms with Gasteiger partial charge in [-0.1, -0.05) is 0 Å². The van der Waals surface area contributed by atoms with Gasteiger partial charge in [-0.2, -0.15) is 0 Å². The molecule has 0 bridgehead atoms. The van der Waals surface area contributed by atoms with Gasteiger partial charge in [0.25, 0.3) is 0 Å². The smallest absolute Gasteiger partial charge is 0.179 e. The quantitative estimate of drug-likeness (QED) is 0.412. The molecule has 0 radical (unpaired) electrons. The molecule has 0 fully saturated rings. The van der Waals surface area contributed by atoms with Gasteiger partial charge in [-0.3, -0.25) is 4.79 Å². The Morgan fingerprint density at radius 2 is 1.06 bits per heavy atom. The van der Waals surface area contributed by atoms with E-state index in [9.17, 15) is 13.2 Å². The number of allylic oxidation sites excluding steroid dienone is 1. The molecule has 184 valence electrons. The van der Waals surface area contributed by atoms with Crippen LogP contribution in [0.15, 0.2) is 35.7 Å². The maximum Gasteiger partial charge on any atom is 0.179 e. The van der Waals surface area contributed by atoms with E-state index >= 15 is 0 Å². The highest BCUT2D eigenvalue weighted by Gasteiger charge is 2.16. The minimum atomic E-state index is -3.90. The summed E-state index contributed by atoms with van der Waals surface area (Å²) in [6.45, 7) is 0. The van der Waals surface area contributed by atoms with E-state index in [4.69, 9.17) is 28.4 Å². The van der Waals surface area contributed by atoms with E-state index in [0.717, 1.165) is 11.5 Å². The normalized spacial score (nSPS) is 11.5. The molecule has 0 amide bonds. The fourth-order valence-corrected chi connectivity index (χ4v) is 3.97. The van der Waals surface area contributed by atoms with Gasteiger partial charge in [-0.25, -0.2) is 8.42 Å². The number of methoxy groups -OCH3 is 6. The molecule has 0 aliphatic rings. The van der Waals surface area contributed by atoms with Crippen molar-refractivity contribution in [3.05, 3.63) is 46.9 Å². The lowest BCUT2D eigenvalue weighted by Crippen LogP contribution is -2.11. The summed E-state index contributed by atoms with van der Waals surface area (Å²) in [6, 6.07) is 6.44. The largest absolute Gasteiger partial charge is 0.496 e. The summed E-state index contributed by atoms with van der Waals surface area (Å²) in [7, 11) is 4.90. The number of carbonyl (C=O) groups excluding carboxylic acids is 1. The van der Waals surface area contributed by atoms with Crippen molar-refractivity contribution in [1.29, 1.82) is 0 Å². The van der Waals surface area contributed by atoms with Crippen molar-refractivity contribution in [3.8, 4) is 34.5 Å². The number of ether oxygens (including phenoxy) is 6. The van der Waals surface area contributed by atoms with Crippen LogP contribution in [0.2, 0.25) is 0 Å². The van der Waals surface area contributed by atoms with Crippen molar-refractivity contribution in [3.63, 3.8) is 0 Å². The zero-order chi connectivity index (χ0) is 25.3. The first kappa shape index (κ1) is 26.6. The van der Waals surface area contributed by atoms with Crippen LogP contribution < -0.4 is 28.4 Å². The first-order chi connectivity index (χ1) is 16.2. The fraction of sp³-hybridized carbons (Fsp3) is 0.292. The minimum Gasteiger partial charge on any atom is -0.496 e. The summed E-state index contributed by atoms with van der Waals surface area (Å²) in [5.41, 5.74) is 0.866. The lowest BCUT2D eigenvalue weighted by atomic mass is 10.1. The Morgan fingerprint density at radius 3 is 1.41 bits per heavy atom. The number of rotatable bonds is 12. The third-order valence-corrected chi connectivity index (χ3v) is 5.97. The topological polar surface area (TPSA) is 107 Å². The van der Waals surface area contributed by atoms with Crippen LogP contribution >= 0.6 is 0 Å². The molecule has 0 spiro atoms. The standard InChI is InChI=1S/C24H28O9S/c1-28-17-11-21(30-3)19(22(12-17)31-4)8-7-16(25)15-34(26,27)10-9-20-23(32-5)13-18(29-2)14-24(20)33-6/h7-14H,15H2,1-6H3/b8-7+,10-9?. The van der Waals surface area contributed by atoms with Gasteiger partial charge >= 0.3 is 0 Å². The zero-order valence-electron chi connectivity index (χ0n) is 19.9. The number of hydrogen-bond donors (Lipinski definition) is 0. The fourth-order valence-electron chi connectivity index (χ4n) is 3.04. The van der Waals surface area contributed by atoms with Crippen LogP contribution in [-0.2, 0) is 14.6 Å². The minimum absolute atomic E-state index is 0.354. The Balaban J connectivity index is 2.27. The molecule has 10 heteroatoms. The van der Waals surface area contributed by atoms with Gasteiger partial charge in [0, 0.05) is 29.7 Å². The van der Waals surface area contributed by atoms with Crippen molar-refractivity contribution < 1.29 is 41.6 Å². The molecular weight excluding hydrogens is 464 g/mol. The average Bonchev–Trinajstić information content (AvgIpc) is 2.84. The predicted octanol–water partition coefficient (Wildman–Crippen LogP) is 3.41.